The first kappa shape index (κ1) is 13.1. The molecule has 1 aliphatic heterocycles. The molecule has 0 bridgehead atoms. The highest BCUT2D eigenvalue weighted by Gasteiger charge is 2.26. The average Bonchev–Trinajstić information content (AvgIpc) is 2.95. The Balaban J connectivity index is 1.95. The third-order valence-electron chi connectivity index (χ3n) is 3.21. The van der Waals surface area contributed by atoms with Crippen molar-refractivity contribution in [3.63, 3.8) is 0 Å². The second kappa shape index (κ2) is 5.22. The number of aliphatic hydroxyl groups excluding tert-OH is 1. The van der Waals surface area contributed by atoms with Crippen LogP contribution in [0.1, 0.15) is 15.9 Å². The molecule has 2 heterocycles. The summed E-state index contributed by atoms with van der Waals surface area (Å²) in [6.07, 6.45) is 0. The number of amides is 1. The first-order chi connectivity index (χ1) is 9.19. The number of hydrogen-bond acceptors (Lipinski definition) is 3. The fourth-order valence-corrected chi connectivity index (χ4v) is 3.92. The molecule has 98 valence electrons. The summed E-state index contributed by atoms with van der Waals surface area (Å²) >= 11 is 4.06. The zero-order valence-electron chi connectivity index (χ0n) is 10.1. The van der Waals surface area contributed by atoms with Gasteiger partial charge in [0.2, 0.25) is 0 Å². The van der Waals surface area contributed by atoms with E-state index in [2.05, 4.69) is 40.8 Å². The van der Waals surface area contributed by atoms with Gasteiger partial charge in [-0.1, -0.05) is 6.07 Å². The van der Waals surface area contributed by atoms with E-state index in [1.807, 2.05) is 12.1 Å². The van der Waals surface area contributed by atoms with Gasteiger partial charge in [0.05, 0.1) is 9.49 Å². The molecule has 0 atom stereocenters. The average molecular weight is 385 g/mol. The molecule has 1 aromatic carbocycles. The van der Waals surface area contributed by atoms with E-state index in [9.17, 15) is 4.79 Å². The summed E-state index contributed by atoms with van der Waals surface area (Å²) in [7, 11) is 0. The van der Waals surface area contributed by atoms with Crippen molar-refractivity contribution in [2.24, 2.45) is 0 Å². The minimum absolute atomic E-state index is 0.00963. The Morgan fingerprint density at radius 3 is 2.84 bits per heavy atom. The number of thiophene rings is 1. The summed E-state index contributed by atoms with van der Waals surface area (Å²) in [6, 6.07) is 10.2. The summed E-state index contributed by atoms with van der Waals surface area (Å²) in [5.41, 5.74) is 2.98. The van der Waals surface area contributed by atoms with Crippen LogP contribution in [0, 0.1) is 2.88 Å². The lowest BCUT2D eigenvalue weighted by molar-refractivity contribution is 0.0745. The molecule has 5 heteroatoms. The molecule has 1 N–H and O–H groups in total. The highest BCUT2D eigenvalue weighted by atomic mass is 127. The topological polar surface area (TPSA) is 40.5 Å². The largest absolute Gasteiger partial charge is 0.395 e. The van der Waals surface area contributed by atoms with Gasteiger partial charge >= 0.3 is 0 Å². The monoisotopic (exact) mass is 385 g/mol. The van der Waals surface area contributed by atoms with Crippen LogP contribution in [-0.4, -0.2) is 29.1 Å². The van der Waals surface area contributed by atoms with Crippen LogP contribution in [0.15, 0.2) is 30.3 Å². The number of fused-ring (bicyclic) bond motifs is 1. The van der Waals surface area contributed by atoms with Crippen LogP contribution in [-0.2, 0) is 6.54 Å². The van der Waals surface area contributed by atoms with Crippen molar-refractivity contribution >= 4 is 39.8 Å². The van der Waals surface area contributed by atoms with Crippen molar-refractivity contribution in [2.45, 2.75) is 6.54 Å². The first-order valence-electron chi connectivity index (χ1n) is 5.98. The molecule has 1 aliphatic rings. The molecule has 0 fully saturated rings. The molecular formula is C14H12INO2S. The third-order valence-corrected chi connectivity index (χ3v) is 5.15. The summed E-state index contributed by atoms with van der Waals surface area (Å²) in [5, 5.41) is 8.97. The van der Waals surface area contributed by atoms with Gasteiger partial charge in [-0.3, -0.25) is 4.79 Å². The SMILES string of the molecule is O=C1c2ccc(-c3ccc(I)s3)cc2CN1CCO. The number of nitrogens with zero attached hydrogens (tertiary/aromatic N) is 1. The number of aliphatic hydroxyl groups is 1. The second-order valence-electron chi connectivity index (χ2n) is 4.43. The molecule has 0 saturated carbocycles. The number of hydrogen-bond donors (Lipinski definition) is 1. The molecule has 0 unspecified atom stereocenters. The number of halogens is 1. The maximum Gasteiger partial charge on any atom is 0.254 e. The molecule has 1 amide bonds. The number of carbonyl (C=O) groups is 1. The van der Waals surface area contributed by atoms with Crippen molar-refractivity contribution in [1.29, 1.82) is 0 Å². The minimum atomic E-state index is 0.00963. The fourth-order valence-electron chi connectivity index (χ4n) is 2.30. The van der Waals surface area contributed by atoms with E-state index < -0.39 is 0 Å². The zero-order chi connectivity index (χ0) is 13.4. The van der Waals surface area contributed by atoms with E-state index in [0.29, 0.717) is 13.1 Å². The van der Waals surface area contributed by atoms with E-state index in [4.69, 9.17) is 5.11 Å². The number of β-amino-alcohol motifs (C(OH)–C–C–N with tert-alkyl or cyclic N) is 1. The fraction of sp³-hybridized carbons (Fsp3) is 0.214. The molecule has 3 nitrogen and oxygen atoms in total. The quantitative estimate of drug-likeness (QED) is 0.826. The van der Waals surface area contributed by atoms with Crippen molar-refractivity contribution in [1.82, 2.24) is 4.90 Å². The second-order valence-corrected chi connectivity index (χ2v) is 7.40. The van der Waals surface area contributed by atoms with Crippen LogP contribution in [0.25, 0.3) is 10.4 Å². The van der Waals surface area contributed by atoms with Gasteiger partial charge < -0.3 is 10.0 Å². The maximum absolute atomic E-state index is 12.1. The predicted molar refractivity (Wildman–Crippen MR) is 84.3 cm³/mol. The number of carbonyl (C=O) groups excluding carboxylic acids is 1. The van der Waals surface area contributed by atoms with Gasteiger partial charge in [-0.2, -0.15) is 0 Å². The van der Waals surface area contributed by atoms with Crippen LogP contribution in [0.5, 0.6) is 0 Å². The van der Waals surface area contributed by atoms with Crippen LogP contribution < -0.4 is 0 Å². The maximum atomic E-state index is 12.1. The van der Waals surface area contributed by atoms with Gasteiger partial charge in [0.1, 0.15) is 0 Å². The summed E-state index contributed by atoms with van der Waals surface area (Å²) < 4.78 is 1.26. The molecule has 19 heavy (non-hydrogen) atoms. The Morgan fingerprint density at radius 1 is 1.32 bits per heavy atom. The predicted octanol–water partition coefficient (Wildman–Crippen LogP) is 2.97. The van der Waals surface area contributed by atoms with Gasteiger partial charge in [0.15, 0.2) is 0 Å². The van der Waals surface area contributed by atoms with E-state index in [-0.39, 0.29) is 12.5 Å². The molecule has 0 radical (unpaired) electrons. The zero-order valence-corrected chi connectivity index (χ0v) is 13.1. The van der Waals surface area contributed by atoms with Gasteiger partial charge in [-0.25, -0.2) is 0 Å². The van der Waals surface area contributed by atoms with Crippen molar-refractivity contribution in [2.75, 3.05) is 13.2 Å². The lowest BCUT2D eigenvalue weighted by Gasteiger charge is -2.12. The smallest absolute Gasteiger partial charge is 0.254 e. The van der Waals surface area contributed by atoms with Crippen molar-refractivity contribution in [3.8, 4) is 10.4 Å². The molecule has 3 rings (SSSR count). The number of rotatable bonds is 3. The summed E-state index contributed by atoms with van der Waals surface area (Å²) in [4.78, 5) is 15.0. The Morgan fingerprint density at radius 2 is 2.16 bits per heavy atom. The van der Waals surface area contributed by atoms with Gasteiger partial charge in [0.25, 0.3) is 5.91 Å². The highest BCUT2D eigenvalue weighted by Crippen LogP contribution is 2.32. The highest BCUT2D eigenvalue weighted by molar-refractivity contribution is 14.1. The first-order valence-corrected chi connectivity index (χ1v) is 7.87. The van der Waals surface area contributed by atoms with Gasteiger partial charge in [-0.15, -0.1) is 11.3 Å². The van der Waals surface area contributed by atoms with E-state index in [1.165, 1.54) is 7.76 Å². The minimum Gasteiger partial charge on any atom is -0.395 e. The molecule has 0 spiro atoms. The molecule has 0 aliphatic carbocycles. The Labute approximate surface area is 129 Å². The Hall–Kier alpha value is -0.920. The van der Waals surface area contributed by atoms with Gasteiger partial charge in [0, 0.05) is 23.5 Å². The van der Waals surface area contributed by atoms with E-state index >= 15 is 0 Å². The molecule has 1 aromatic heterocycles. The van der Waals surface area contributed by atoms with Crippen LogP contribution in [0.3, 0.4) is 0 Å². The van der Waals surface area contributed by atoms with Crippen LogP contribution >= 0.6 is 33.9 Å². The van der Waals surface area contributed by atoms with Crippen LogP contribution in [0.2, 0.25) is 0 Å². The molecular weight excluding hydrogens is 373 g/mol. The van der Waals surface area contributed by atoms with Crippen LogP contribution in [0.4, 0.5) is 0 Å². The molecule has 2 aromatic rings. The third kappa shape index (κ3) is 2.42. The van der Waals surface area contributed by atoms with Crippen molar-refractivity contribution < 1.29 is 9.90 Å². The van der Waals surface area contributed by atoms with Gasteiger partial charge in [-0.05, 0) is 58.0 Å². The Bertz CT molecular complexity index is 638. The summed E-state index contributed by atoms with van der Waals surface area (Å²) in [5.74, 6) is 0.0244. The lowest BCUT2D eigenvalue weighted by atomic mass is 10.1. The normalized spacial score (nSPS) is 14.0. The number of benzene rings is 1. The Kier molecular flexibility index (Phi) is 3.60. The standard InChI is InChI=1S/C14H12INO2S/c15-13-4-3-12(19-13)9-1-2-11-10(7-9)8-16(5-6-17)14(11)18/h1-4,7,17H,5-6,8H2. The van der Waals surface area contributed by atoms with Crippen molar-refractivity contribution in [3.05, 3.63) is 44.3 Å². The summed E-state index contributed by atoms with van der Waals surface area (Å²) in [6.45, 7) is 1.01. The lowest BCUT2D eigenvalue weighted by Crippen LogP contribution is -2.26. The molecule has 0 saturated heterocycles. The van der Waals surface area contributed by atoms with E-state index in [0.717, 1.165) is 16.7 Å². The van der Waals surface area contributed by atoms with E-state index in [1.54, 1.807) is 16.2 Å².